The van der Waals surface area contributed by atoms with Crippen molar-refractivity contribution < 1.29 is 5.11 Å². The molecule has 19 heavy (non-hydrogen) atoms. The minimum absolute atomic E-state index is 0.0824. The van der Waals surface area contributed by atoms with Gasteiger partial charge in [0.25, 0.3) is 0 Å². The van der Waals surface area contributed by atoms with Crippen LogP contribution in [0.5, 0.6) is 5.75 Å². The smallest absolute Gasteiger partial charge is 0.116 e. The normalized spacial score (nSPS) is 12.9. The number of aromatic hydroxyl groups is 1. The summed E-state index contributed by atoms with van der Waals surface area (Å²) in [6.45, 7) is 13.5. The van der Waals surface area contributed by atoms with Crippen LogP contribution in [0.4, 0.5) is 0 Å². The second kappa shape index (κ2) is 4.26. The van der Waals surface area contributed by atoms with Gasteiger partial charge in [0.05, 0.1) is 0 Å². The molecule has 0 aliphatic rings. The molecule has 0 saturated heterocycles. The van der Waals surface area contributed by atoms with Crippen molar-refractivity contribution in [1.82, 2.24) is 0 Å². The zero-order valence-corrected chi connectivity index (χ0v) is 12.8. The molecule has 0 spiro atoms. The van der Waals surface area contributed by atoms with Gasteiger partial charge in [-0.1, -0.05) is 59.7 Å². The molecule has 2 aromatic rings. The summed E-state index contributed by atoms with van der Waals surface area (Å²) in [5, 5.41) is 12.0. The maximum atomic E-state index is 9.65. The standard InChI is InChI=1S/C18H24O/c1-17(2,3)15-10-7-12-11-13(19)8-9-14(12)16(15)18(4,5)6/h7-11,19H,1-6H3. The first kappa shape index (κ1) is 13.9. The molecule has 2 aromatic carbocycles. The highest BCUT2D eigenvalue weighted by molar-refractivity contribution is 5.89. The largest absolute Gasteiger partial charge is 0.508 e. The van der Waals surface area contributed by atoms with Crippen LogP contribution >= 0.6 is 0 Å². The third-order valence-electron chi connectivity index (χ3n) is 3.56. The van der Waals surface area contributed by atoms with Crippen LogP contribution in [-0.4, -0.2) is 5.11 Å². The molecule has 0 fully saturated rings. The van der Waals surface area contributed by atoms with Crippen LogP contribution in [0.3, 0.4) is 0 Å². The van der Waals surface area contributed by atoms with E-state index in [0.717, 1.165) is 5.39 Å². The number of benzene rings is 2. The minimum Gasteiger partial charge on any atom is -0.508 e. The molecule has 0 bridgehead atoms. The Labute approximate surface area is 116 Å². The number of hydrogen-bond donors (Lipinski definition) is 1. The molecular weight excluding hydrogens is 232 g/mol. The van der Waals surface area contributed by atoms with Gasteiger partial charge in [0, 0.05) is 0 Å². The lowest BCUT2D eigenvalue weighted by atomic mass is 9.73. The summed E-state index contributed by atoms with van der Waals surface area (Å²) in [5.74, 6) is 0.330. The monoisotopic (exact) mass is 256 g/mol. The Kier molecular flexibility index (Phi) is 3.12. The Balaban J connectivity index is 2.90. The second-order valence-corrected chi connectivity index (χ2v) is 7.39. The first-order valence-electron chi connectivity index (χ1n) is 6.87. The highest BCUT2D eigenvalue weighted by Crippen LogP contribution is 2.39. The summed E-state index contributed by atoms with van der Waals surface area (Å²) in [6.07, 6.45) is 0. The maximum absolute atomic E-state index is 9.65. The number of hydrogen-bond acceptors (Lipinski definition) is 1. The molecular formula is C18H24O. The van der Waals surface area contributed by atoms with Crippen LogP contribution in [0.1, 0.15) is 52.7 Å². The van der Waals surface area contributed by atoms with Gasteiger partial charge in [-0.3, -0.25) is 0 Å². The molecule has 1 heteroatoms. The number of rotatable bonds is 0. The van der Waals surface area contributed by atoms with E-state index < -0.39 is 0 Å². The van der Waals surface area contributed by atoms with Gasteiger partial charge in [0.2, 0.25) is 0 Å². The van der Waals surface area contributed by atoms with Crippen LogP contribution in [-0.2, 0) is 10.8 Å². The predicted octanol–water partition coefficient (Wildman–Crippen LogP) is 5.14. The molecule has 1 nitrogen and oxygen atoms in total. The van der Waals surface area contributed by atoms with Gasteiger partial charge in [-0.15, -0.1) is 0 Å². The molecule has 0 unspecified atom stereocenters. The fraction of sp³-hybridized carbons (Fsp3) is 0.444. The Morgan fingerprint density at radius 1 is 0.789 bits per heavy atom. The SMILES string of the molecule is CC(C)(C)c1ccc2cc(O)ccc2c1C(C)(C)C. The van der Waals surface area contributed by atoms with Gasteiger partial charge in [0.1, 0.15) is 5.75 Å². The van der Waals surface area contributed by atoms with E-state index in [-0.39, 0.29) is 10.8 Å². The van der Waals surface area contributed by atoms with E-state index in [2.05, 4.69) is 53.7 Å². The van der Waals surface area contributed by atoms with E-state index >= 15 is 0 Å². The summed E-state index contributed by atoms with van der Waals surface area (Å²) in [5.41, 5.74) is 2.98. The van der Waals surface area contributed by atoms with E-state index in [9.17, 15) is 5.11 Å². The van der Waals surface area contributed by atoms with Gasteiger partial charge in [-0.2, -0.15) is 0 Å². The van der Waals surface area contributed by atoms with Crippen molar-refractivity contribution >= 4 is 10.8 Å². The molecule has 0 aliphatic heterocycles. The third-order valence-corrected chi connectivity index (χ3v) is 3.56. The molecule has 0 aromatic heterocycles. The molecule has 0 saturated carbocycles. The quantitative estimate of drug-likeness (QED) is 0.692. The van der Waals surface area contributed by atoms with Gasteiger partial charge < -0.3 is 5.11 Å². The van der Waals surface area contributed by atoms with E-state index in [1.807, 2.05) is 12.1 Å². The molecule has 1 N–H and O–H groups in total. The van der Waals surface area contributed by atoms with Gasteiger partial charge in [-0.05, 0) is 44.9 Å². The second-order valence-electron chi connectivity index (χ2n) is 7.39. The highest BCUT2D eigenvalue weighted by atomic mass is 16.3. The summed E-state index contributed by atoms with van der Waals surface area (Å²) in [6, 6.07) is 9.99. The van der Waals surface area contributed by atoms with E-state index in [4.69, 9.17) is 0 Å². The fourth-order valence-corrected chi connectivity index (χ4v) is 2.75. The molecule has 0 atom stereocenters. The summed E-state index contributed by atoms with van der Waals surface area (Å²) >= 11 is 0. The van der Waals surface area contributed by atoms with Crippen molar-refractivity contribution in [3.63, 3.8) is 0 Å². The van der Waals surface area contributed by atoms with Gasteiger partial charge in [-0.25, -0.2) is 0 Å². The fourth-order valence-electron chi connectivity index (χ4n) is 2.75. The van der Waals surface area contributed by atoms with Crippen LogP contribution < -0.4 is 0 Å². The molecule has 0 aliphatic carbocycles. The predicted molar refractivity (Wildman–Crippen MR) is 83.0 cm³/mol. The molecule has 102 valence electrons. The van der Waals surface area contributed by atoms with E-state index in [0.29, 0.717) is 5.75 Å². The van der Waals surface area contributed by atoms with Crippen molar-refractivity contribution in [2.75, 3.05) is 0 Å². The lowest BCUT2D eigenvalue weighted by Gasteiger charge is -2.31. The van der Waals surface area contributed by atoms with Crippen molar-refractivity contribution in [3.05, 3.63) is 41.5 Å². The van der Waals surface area contributed by atoms with Crippen LogP contribution in [0.2, 0.25) is 0 Å². The topological polar surface area (TPSA) is 20.2 Å². The van der Waals surface area contributed by atoms with Crippen molar-refractivity contribution in [2.45, 2.75) is 52.4 Å². The highest BCUT2D eigenvalue weighted by Gasteiger charge is 2.26. The Bertz CT molecular complexity index is 610. The Hall–Kier alpha value is -1.50. The summed E-state index contributed by atoms with van der Waals surface area (Å²) in [7, 11) is 0. The lowest BCUT2D eigenvalue weighted by molar-refractivity contribution is 0.476. The van der Waals surface area contributed by atoms with Gasteiger partial charge >= 0.3 is 0 Å². The molecule has 2 rings (SSSR count). The average Bonchev–Trinajstić information content (AvgIpc) is 2.24. The first-order chi connectivity index (χ1) is 8.60. The van der Waals surface area contributed by atoms with Gasteiger partial charge in [0.15, 0.2) is 0 Å². The van der Waals surface area contributed by atoms with Crippen molar-refractivity contribution in [3.8, 4) is 5.75 Å². The van der Waals surface area contributed by atoms with E-state index in [1.165, 1.54) is 16.5 Å². The van der Waals surface area contributed by atoms with E-state index in [1.54, 1.807) is 6.07 Å². The lowest BCUT2D eigenvalue weighted by Crippen LogP contribution is -2.22. The Morgan fingerprint density at radius 3 is 1.95 bits per heavy atom. The molecule has 0 radical (unpaired) electrons. The zero-order chi connectivity index (χ0) is 14.4. The first-order valence-corrected chi connectivity index (χ1v) is 6.87. The van der Waals surface area contributed by atoms with Crippen molar-refractivity contribution in [2.24, 2.45) is 0 Å². The van der Waals surface area contributed by atoms with Crippen molar-refractivity contribution in [1.29, 1.82) is 0 Å². The molecule has 0 heterocycles. The third kappa shape index (κ3) is 2.60. The molecule has 0 amide bonds. The minimum atomic E-state index is 0.0824. The summed E-state index contributed by atoms with van der Waals surface area (Å²) < 4.78 is 0. The van der Waals surface area contributed by atoms with Crippen LogP contribution in [0.25, 0.3) is 10.8 Å². The summed E-state index contributed by atoms with van der Waals surface area (Å²) in [4.78, 5) is 0. The van der Waals surface area contributed by atoms with Crippen LogP contribution in [0, 0.1) is 0 Å². The zero-order valence-electron chi connectivity index (χ0n) is 12.8. The van der Waals surface area contributed by atoms with Crippen LogP contribution in [0.15, 0.2) is 30.3 Å². The number of fused-ring (bicyclic) bond motifs is 1. The Morgan fingerprint density at radius 2 is 1.42 bits per heavy atom. The maximum Gasteiger partial charge on any atom is 0.116 e. The average molecular weight is 256 g/mol. The number of phenols is 1. The number of phenolic OH excluding ortho intramolecular Hbond substituents is 1.